The van der Waals surface area contributed by atoms with Crippen molar-refractivity contribution in [3.63, 3.8) is 0 Å². The number of nitrogens with one attached hydrogen (secondary N) is 1. The fourth-order valence-electron chi connectivity index (χ4n) is 3.05. The summed E-state index contributed by atoms with van der Waals surface area (Å²) in [5.41, 5.74) is -0.0234. The number of carbonyl (C=O) groups is 2. The summed E-state index contributed by atoms with van der Waals surface area (Å²) < 4.78 is 5.13. The quantitative estimate of drug-likeness (QED) is 0.558. The predicted octanol–water partition coefficient (Wildman–Crippen LogP) is 4.54. The van der Waals surface area contributed by atoms with E-state index in [1.54, 1.807) is 33.0 Å². The number of pyridine rings is 1. The van der Waals surface area contributed by atoms with E-state index in [9.17, 15) is 14.4 Å². The third-order valence-corrected chi connectivity index (χ3v) is 5.21. The minimum atomic E-state index is -0.960. The van der Waals surface area contributed by atoms with Gasteiger partial charge in [0.25, 0.3) is 5.56 Å². The molecule has 10 heteroatoms. The van der Waals surface area contributed by atoms with Crippen LogP contribution in [-0.2, 0) is 9.53 Å². The van der Waals surface area contributed by atoms with Gasteiger partial charge in [-0.15, -0.1) is 11.3 Å². The van der Waals surface area contributed by atoms with Crippen LogP contribution < -0.4 is 5.56 Å². The number of carboxylic acid groups (broad SMARTS) is 1. The highest BCUT2D eigenvalue weighted by molar-refractivity contribution is 7.16. The molecule has 4 rings (SSSR count). The van der Waals surface area contributed by atoms with Crippen molar-refractivity contribution in [2.24, 2.45) is 0 Å². The minimum Gasteiger partial charge on any atom is -0.480 e. The van der Waals surface area contributed by atoms with E-state index in [0.29, 0.717) is 29.9 Å². The van der Waals surface area contributed by atoms with Crippen molar-refractivity contribution in [1.82, 2.24) is 19.9 Å². The van der Waals surface area contributed by atoms with E-state index >= 15 is 0 Å². The average molecular weight is 475 g/mol. The lowest BCUT2D eigenvalue weighted by Gasteiger charge is -2.26. The summed E-state index contributed by atoms with van der Waals surface area (Å²) in [7, 11) is 0. The van der Waals surface area contributed by atoms with Gasteiger partial charge in [-0.25, -0.2) is 14.6 Å². The van der Waals surface area contributed by atoms with E-state index in [0.717, 1.165) is 11.3 Å². The lowest BCUT2D eigenvalue weighted by atomic mass is 10.2. The van der Waals surface area contributed by atoms with Gasteiger partial charge in [-0.3, -0.25) is 14.7 Å². The number of carbonyl (C=O) groups excluding carboxylic acids is 1. The van der Waals surface area contributed by atoms with Crippen LogP contribution in [0.4, 0.5) is 4.79 Å². The average Bonchev–Trinajstić information content (AvgIpc) is 3.45. The number of ether oxygens (including phenoxy) is 1. The van der Waals surface area contributed by atoms with E-state index in [-0.39, 0.29) is 5.56 Å². The van der Waals surface area contributed by atoms with E-state index in [1.165, 1.54) is 16.2 Å². The van der Waals surface area contributed by atoms with Gasteiger partial charge in [-0.1, -0.05) is 19.9 Å². The Kier molecular flexibility index (Phi) is 9.10. The Hall–Kier alpha value is -3.27. The zero-order valence-corrected chi connectivity index (χ0v) is 20.3. The van der Waals surface area contributed by atoms with Gasteiger partial charge in [0, 0.05) is 12.7 Å². The van der Waals surface area contributed by atoms with Crippen LogP contribution in [-0.4, -0.2) is 55.2 Å². The highest BCUT2D eigenvalue weighted by Gasteiger charge is 2.36. The smallest absolute Gasteiger partial charge is 0.411 e. The second-order valence-corrected chi connectivity index (χ2v) is 8.83. The highest BCUT2D eigenvalue weighted by atomic mass is 32.1. The molecule has 9 nitrogen and oxygen atoms in total. The maximum atomic E-state index is 11.7. The summed E-state index contributed by atoms with van der Waals surface area (Å²) in [5, 5.41) is 11.4. The number of carboxylic acids is 1. The molecule has 33 heavy (non-hydrogen) atoms. The van der Waals surface area contributed by atoms with E-state index < -0.39 is 23.7 Å². The lowest BCUT2D eigenvalue weighted by Crippen LogP contribution is -2.43. The second-order valence-electron chi connectivity index (χ2n) is 7.94. The molecule has 0 radical (unpaired) electrons. The third-order valence-electron chi connectivity index (χ3n) is 4.41. The molecule has 1 amide bonds. The Morgan fingerprint density at radius 3 is 2.58 bits per heavy atom. The van der Waals surface area contributed by atoms with Gasteiger partial charge >= 0.3 is 12.1 Å². The first kappa shape index (κ1) is 26.0. The van der Waals surface area contributed by atoms with Crippen LogP contribution in [0.1, 0.15) is 47.5 Å². The molecule has 1 aliphatic heterocycles. The van der Waals surface area contributed by atoms with Gasteiger partial charge < -0.3 is 14.8 Å². The first-order valence-corrected chi connectivity index (χ1v) is 11.6. The number of aliphatic carboxylic acids is 1. The van der Waals surface area contributed by atoms with Gasteiger partial charge in [-0.2, -0.15) is 0 Å². The third kappa shape index (κ3) is 7.11. The molecule has 0 aliphatic carbocycles. The number of hydrogen-bond donors (Lipinski definition) is 2. The van der Waals surface area contributed by atoms with Gasteiger partial charge in [0.05, 0.1) is 5.39 Å². The maximum Gasteiger partial charge on any atom is 0.411 e. The number of fused-ring (bicyclic) bond motifs is 1. The number of hydrogen-bond acceptors (Lipinski definition) is 7. The minimum absolute atomic E-state index is 0.119. The van der Waals surface area contributed by atoms with Crippen molar-refractivity contribution >= 4 is 33.6 Å². The topological polar surface area (TPSA) is 125 Å². The Bertz CT molecular complexity index is 1120. The molecule has 0 bridgehead atoms. The maximum absolute atomic E-state index is 11.7. The number of thiophene rings is 1. The molecule has 3 aromatic heterocycles. The van der Waals surface area contributed by atoms with E-state index in [1.807, 2.05) is 37.4 Å². The van der Waals surface area contributed by atoms with Crippen LogP contribution in [0.3, 0.4) is 0 Å². The molecule has 1 unspecified atom stereocenters. The fourth-order valence-corrected chi connectivity index (χ4v) is 3.82. The highest BCUT2D eigenvalue weighted by Crippen LogP contribution is 2.21. The van der Waals surface area contributed by atoms with Gasteiger partial charge in [-0.05, 0) is 57.2 Å². The Morgan fingerprint density at radius 1 is 1.24 bits per heavy atom. The number of amides is 1. The molecule has 1 saturated heterocycles. The van der Waals surface area contributed by atoms with Crippen LogP contribution >= 0.6 is 11.3 Å². The molecule has 1 atom stereocenters. The molecule has 178 valence electrons. The summed E-state index contributed by atoms with van der Waals surface area (Å²) in [6.07, 6.45) is 2.37. The van der Waals surface area contributed by atoms with Crippen molar-refractivity contribution in [3.05, 3.63) is 46.2 Å². The van der Waals surface area contributed by atoms with E-state index in [2.05, 4.69) is 15.0 Å². The number of rotatable bonds is 2. The number of nitrogens with zero attached hydrogens (tertiary/aromatic N) is 3. The van der Waals surface area contributed by atoms with Crippen molar-refractivity contribution in [3.8, 4) is 11.5 Å². The first-order valence-electron chi connectivity index (χ1n) is 10.8. The Labute approximate surface area is 196 Å². The van der Waals surface area contributed by atoms with Gasteiger partial charge in [0.2, 0.25) is 0 Å². The summed E-state index contributed by atoms with van der Waals surface area (Å²) in [5.74, 6) is -0.445. The Balaban J connectivity index is 0.000000218. The van der Waals surface area contributed by atoms with Crippen molar-refractivity contribution in [2.45, 2.75) is 59.1 Å². The SMILES string of the molecule is CC.CC(C)(C)OC(=O)N1CCCC1C(=O)O.O=c1[nH]c(-c2ccccn2)nc2sccc12. The molecule has 1 aliphatic rings. The normalized spacial score (nSPS) is 15.2. The predicted molar refractivity (Wildman–Crippen MR) is 128 cm³/mol. The first-order chi connectivity index (χ1) is 15.7. The monoisotopic (exact) mass is 474 g/mol. The molecular formula is C23H30N4O5S. The summed E-state index contributed by atoms with van der Waals surface area (Å²) in [6.45, 7) is 9.75. The number of H-pyrrole nitrogens is 1. The van der Waals surface area contributed by atoms with E-state index in [4.69, 9.17) is 9.84 Å². The lowest BCUT2D eigenvalue weighted by molar-refractivity contribution is -0.142. The number of aromatic amines is 1. The fraction of sp³-hybridized carbons (Fsp3) is 0.435. The molecule has 1 fully saturated rings. The number of aromatic nitrogens is 3. The molecule has 0 saturated carbocycles. The zero-order valence-electron chi connectivity index (χ0n) is 19.5. The summed E-state index contributed by atoms with van der Waals surface area (Å²) in [6, 6.07) is 6.55. The van der Waals surface area contributed by atoms with Crippen molar-refractivity contribution in [1.29, 1.82) is 0 Å². The van der Waals surface area contributed by atoms with Gasteiger partial charge in [0.15, 0.2) is 5.82 Å². The number of likely N-dealkylation sites (tertiary alicyclic amines) is 1. The van der Waals surface area contributed by atoms with Crippen molar-refractivity contribution in [2.75, 3.05) is 6.54 Å². The summed E-state index contributed by atoms with van der Waals surface area (Å²) >= 11 is 1.45. The standard InChI is InChI=1S/C11H7N3OS.C10H17NO4.C2H6/c15-10-7-4-6-16-11(7)14-9(13-10)8-3-1-2-5-12-8;1-10(2,3)15-9(14)11-6-4-5-7(11)8(12)13;1-2/h1-6H,(H,13,14,15);7H,4-6H2,1-3H3,(H,12,13);1-2H3. The molecule has 3 aromatic rings. The van der Waals surface area contributed by atoms with Crippen LogP contribution in [0.15, 0.2) is 40.6 Å². The second kappa shape index (κ2) is 11.6. The Morgan fingerprint density at radius 2 is 1.97 bits per heavy atom. The molecule has 2 N–H and O–H groups in total. The van der Waals surface area contributed by atoms with Crippen LogP contribution in [0.25, 0.3) is 21.7 Å². The molecule has 0 spiro atoms. The van der Waals surface area contributed by atoms with Crippen LogP contribution in [0.5, 0.6) is 0 Å². The summed E-state index contributed by atoms with van der Waals surface area (Å²) in [4.78, 5) is 47.4. The van der Waals surface area contributed by atoms with Gasteiger partial charge in [0.1, 0.15) is 22.2 Å². The molecular weight excluding hydrogens is 444 g/mol. The molecule has 0 aromatic carbocycles. The van der Waals surface area contributed by atoms with Crippen LogP contribution in [0.2, 0.25) is 0 Å². The molecule has 4 heterocycles. The van der Waals surface area contributed by atoms with Crippen molar-refractivity contribution < 1.29 is 19.4 Å². The largest absolute Gasteiger partial charge is 0.480 e. The zero-order chi connectivity index (χ0) is 24.6. The van der Waals surface area contributed by atoms with Crippen LogP contribution in [0, 0.1) is 0 Å².